The van der Waals surface area contributed by atoms with E-state index in [1.165, 1.54) is 11.8 Å². The first-order chi connectivity index (χ1) is 11.0. The van der Waals surface area contributed by atoms with Gasteiger partial charge in [0.25, 0.3) is 5.78 Å². The van der Waals surface area contributed by atoms with Crippen molar-refractivity contribution < 1.29 is 4.79 Å². The second-order valence-electron chi connectivity index (χ2n) is 5.36. The van der Waals surface area contributed by atoms with E-state index in [1.54, 1.807) is 16.6 Å². The fourth-order valence-electron chi connectivity index (χ4n) is 2.21. The lowest BCUT2D eigenvalue weighted by Crippen LogP contribution is -2.10. The minimum absolute atomic E-state index is 0.418. The molecule has 0 bridgehead atoms. The molecule has 7 heteroatoms. The van der Waals surface area contributed by atoms with Crippen molar-refractivity contribution >= 4 is 23.4 Å². The van der Waals surface area contributed by atoms with E-state index >= 15 is 0 Å². The average molecular weight is 327 g/mol. The molecule has 2 aromatic heterocycles. The second-order valence-corrected chi connectivity index (χ2v) is 6.31. The summed E-state index contributed by atoms with van der Waals surface area (Å²) in [5.41, 5.74) is 9.98. The third-order valence-electron chi connectivity index (χ3n) is 3.85. The number of thioether (sulfide) groups is 1. The van der Waals surface area contributed by atoms with E-state index in [1.807, 2.05) is 32.9 Å². The number of carbonyl (C=O) groups is 1. The molecule has 23 heavy (non-hydrogen) atoms. The molecule has 0 spiro atoms. The molecule has 0 unspecified atom stereocenters. The van der Waals surface area contributed by atoms with E-state index in [4.69, 9.17) is 5.73 Å². The molecule has 0 aliphatic heterocycles. The van der Waals surface area contributed by atoms with Crippen LogP contribution in [0.1, 0.15) is 32.9 Å². The van der Waals surface area contributed by atoms with Gasteiger partial charge in [0.2, 0.25) is 11.1 Å². The molecule has 0 saturated carbocycles. The standard InChI is InChI=1S/C16H17N5OS/c1-9-10(2)18-15-19-16(20-21(15)11(9)3)23-8-12-4-6-13(7-5-12)14(17)22/h4-7H,8H2,1-3H3,(H2,17,22). The maximum absolute atomic E-state index is 11.1. The van der Waals surface area contributed by atoms with E-state index in [2.05, 4.69) is 15.1 Å². The Kier molecular flexibility index (Phi) is 4.04. The van der Waals surface area contributed by atoms with Crippen LogP contribution in [0.2, 0.25) is 0 Å². The van der Waals surface area contributed by atoms with Crippen molar-refractivity contribution in [2.24, 2.45) is 5.73 Å². The molecule has 0 aliphatic rings. The second kappa shape index (κ2) is 6.00. The van der Waals surface area contributed by atoms with Gasteiger partial charge in [0, 0.05) is 22.7 Å². The molecule has 2 heterocycles. The summed E-state index contributed by atoms with van der Waals surface area (Å²) in [4.78, 5) is 20.0. The monoisotopic (exact) mass is 327 g/mol. The normalized spacial score (nSPS) is 11.1. The first-order valence-electron chi connectivity index (χ1n) is 7.18. The van der Waals surface area contributed by atoms with E-state index in [9.17, 15) is 4.79 Å². The Balaban J connectivity index is 1.79. The van der Waals surface area contributed by atoms with Crippen molar-refractivity contribution in [3.63, 3.8) is 0 Å². The Hall–Kier alpha value is -2.41. The summed E-state index contributed by atoms with van der Waals surface area (Å²) in [5, 5.41) is 5.19. The van der Waals surface area contributed by atoms with E-state index in [0.29, 0.717) is 22.3 Å². The molecule has 3 aromatic rings. The van der Waals surface area contributed by atoms with Crippen molar-refractivity contribution in [1.82, 2.24) is 19.6 Å². The van der Waals surface area contributed by atoms with Gasteiger partial charge in [-0.25, -0.2) is 9.50 Å². The number of nitrogens with zero attached hydrogens (tertiary/aromatic N) is 4. The molecule has 0 radical (unpaired) electrons. The van der Waals surface area contributed by atoms with Gasteiger partial charge in [-0.2, -0.15) is 4.98 Å². The zero-order valence-corrected chi connectivity index (χ0v) is 14.0. The molecule has 3 rings (SSSR count). The van der Waals surface area contributed by atoms with Gasteiger partial charge in [0.15, 0.2) is 0 Å². The lowest BCUT2D eigenvalue weighted by molar-refractivity contribution is 0.100. The summed E-state index contributed by atoms with van der Waals surface area (Å²) < 4.78 is 1.78. The van der Waals surface area contributed by atoms with Gasteiger partial charge in [-0.05, 0) is 44.0 Å². The minimum atomic E-state index is -0.418. The summed E-state index contributed by atoms with van der Waals surface area (Å²) >= 11 is 1.53. The average Bonchev–Trinajstić information content (AvgIpc) is 2.94. The summed E-state index contributed by atoms with van der Waals surface area (Å²) in [7, 11) is 0. The van der Waals surface area contributed by atoms with Crippen LogP contribution in [0.5, 0.6) is 0 Å². The fraction of sp³-hybridized carbons (Fsp3) is 0.250. The van der Waals surface area contributed by atoms with Gasteiger partial charge in [-0.15, -0.1) is 5.10 Å². The van der Waals surface area contributed by atoms with Crippen LogP contribution in [0.25, 0.3) is 5.78 Å². The smallest absolute Gasteiger partial charge is 0.253 e. The molecule has 0 fully saturated rings. The number of carbonyl (C=O) groups excluding carboxylic acids is 1. The topological polar surface area (TPSA) is 86.2 Å². The maximum atomic E-state index is 11.1. The zero-order valence-electron chi connectivity index (χ0n) is 13.2. The Morgan fingerprint density at radius 3 is 2.52 bits per heavy atom. The number of aryl methyl sites for hydroxylation is 2. The largest absolute Gasteiger partial charge is 0.366 e. The predicted octanol–water partition coefficient (Wildman–Crippen LogP) is 2.44. The number of nitrogens with two attached hydrogens (primary N) is 1. The SMILES string of the molecule is Cc1nc2nc(SCc3ccc(C(N)=O)cc3)nn2c(C)c1C. The number of benzene rings is 1. The Morgan fingerprint density at radius 2 is 1.87 bits per heavy atom. The van der Waals surface area contributed by atoms with Gasteiger partial charge in [-0.1, -0.05) is 23.9 Å². The van der Waals surface area contributed by atoms with E-state index in [0.717, 1.165) is 22.5 Å². The lowest BCUT2D eigenvalue weighted by atomic mass is 10.1. The Morgan fingerprint density at radius 1 is 1.17 bits per heavy atom. The third kappa shape index (κ3) is 3.05. The maximum Gasteiger partial charge on any atom is 0.253 e. The van der Waals surface area contributed by atoms with E-state index < -0.39 is 5.91 Å². The number of amides is 1. The lowest BCUT2D eigenvalue weighted by Gasteiger charge is -2.04. The van der Waals surface area contributed by atoms with Crippen molar-refractivity contribution in [1.29, 1.82) is 0 Å². The highest BCUT2D eigenvalue weighted by molar-refractivity contribution is 7.98. The summed E-state index contributed by atoms with van der Waals surface area (Å²) in [6, 6.07) is 7.24. The number of rotatable bonds is 4. The number of primary amides is 1. The predicted molar refractivity (Wildman–Crippen MR) is 89.5 cm³/mol. The van der Waals surface area contributed by atoms with Crippen LogP contribution >= 0.6 is 11.8 Å². The number of fused-ring (bicyclic) bond motifs is 1. The molecular formula is C16H17N5OS. The van der Waals surface area contributed by atoms with Gasteiger partial charge in [-0.3, -0.25) is 4.79 Å². The highest BCUT2D eigenvalue weighted by Crippen LogP contribution is 2.21. The summed E-state index contributed by atoms with van der Waals surface area (Å²) in [6.07, 6.45) is 0. The van der Waals surface area contributed by atoms with Crippen molar-refractivity contribution in [3.05, 3.63) is 52.3 Å². The van der Waals surface area contributed by atoms with Crippen molar-refractivity contribution in [3.8, 4) is 0 Å². The van der Waals surface area contributed by atoms with Crippen LogP contribution in [0.15, 0.2) is 29.4 Å². The van der Waals surface area contributed by atoms with Gasteiger partial charge < -0.3 is 5.73 Å². The first-order valence-corrected chi connectivity index (χ1v) is 8.16. The highest BCUT2D eigenvalue weighted by Gasteiger charge is 2.11. The molecule has 0 aliphatic carbocycles. The van der Waals surface area contributed by atoms with Crippen LogP contribution in [0.4, 0.5) is 0 Å². The van der Waals surface area contributed by atoms with Crippen LogP contribution in [-0.4, -0.2) is 25.5 Å². The molecule has 1 amide bonds. The van der Waals surface area contributed by atoms with Gasteiger partial charge in [0.05, 0.1) is 0 Å². The highest BCUT2D eigenvalue weighted by atomic mass is 32.2. The quantitative estimate of drug-likeness (QED) is 0.744. The molecular weight excluding hydrogens is 310 g/mol. The Labute approximate surface area is 138 Å². The molecule has 0 saturated heterocycles. The molecule has 2 N–H and O–H groups in total. The Bertz CT molecular complexity index is 886. The summed E-state index contributed by atoms with van der Waals surface area (Å²) in [6.45, 7) is 6.03. The van der Waals surface area contributed by atoms with Crippen LogP contribution in [-0.2, 0) is 5.75 Å². The molecule has 6 nitrogen and oxygen atoms in total. The van der Waals surface area contributed by atoms with Crippen molar-refractivity contribution in [2.45, 2.75) is 31.7 Å². The van der Waals surface area contributed by atoms with Gasteiger partial charge >= 0.3 is 0 Å². The number of hydrogen-bond acceptors (Lipinski definition) is 5. The number of hydrogen-bond donors (Lipinski definition) is 1. The molecule has 118 valence electrons. The zero-order chi connectivity index (χ0) is 16.6. The van der Waals surface area contributed by atoms with Crippen LogP contribution in [0, 0.1) is 20.8 Å². The van der Waals surface area contributed by atoms with E-state index in [-0.39, 0.29) is 0 Å². The molecule has 1 aromatic carbocycles. The third-order valence-corrected chi connectivity index (χ3v) is 4.76. The number of aromatic nitrogens is 4. The first kappa shape index (κ1) is 15.5. The van der Waals surface area contributed by atoms with Crippen LogP contribution < -0.4 is 5.73 Å². The fourth-order valence-corrected chi connectivity index (χ4v) is 2.99. The van der Waals surface area contributed by atoms with Gasteiger partial charge in [0.1, 0.15) is 0 Å². The summed E-state index contributed by atoms with van der Waals surface area (Å²) in [5.74, 6) is 0.920. The molecule has 0 atom stereocenters. The van der Waals surface area contributed by atoms with Crippen molar-refractivity contribution in [2.75, 3.05) is 0 Å². The van der Waals surface area contributed by atoms with Crippen LogP contribution in [0.3, 0.4) is 0 Å². The minimum Gasteiger partial charge on any atom is -0.366 e.